The van der Waals surface area contributed by atoms with Gasteiger partial charge in [-0.05, 0) is 30.5 Å². The fourth-order valence-corrected chi connectivity index (χ4v) is 3.14. The molecule has 0 radical (unpaired) electrons. The van der Waals surface area contributed by atoms with E-state index in [4.69, 9.17) is 0 Å². The number of carbonyl (C=O) groups excluding carboxylic acids is 1. The summed E-state index contributed by atoms with van der Waals surface area (Å²) in [5.74, 6) is -1.42. The lowest BCUT2D eigenvalue weighted by Gasteiger charge is -2.14. The molecule has 0 saturated carbocycles. The van der Waals surface area contributed by atoms with Gasteiger partial charge in [0.15, 0.2) is 6.04 Å². The molecule has 0 aliphatic carbocycles. The maximum Gasteiger partial charge on any atom is 0.330 e. The summed E-state index contributed by atoms with van der Waals surface area (Å²) in [5.41, 5.74) is 1.68. The Morgan fingerprint density at radius 3 is 2.48 bits per heavy atom. The summed E-state index contributed by atoms with van der Waals surface area (Å²) in [4.78, 5) is 25.3. The van der Waals surface area contributed by atoms with Crippen LogP contribution in [0.25, 0.3) is 0 Å². The first-order valence-electron chi connectivity index (χ1n) is 6.70. The number of carbonyl (C=O) groups is 2. The molecule has 0 spiro atoms. The van der Waals surface area contributed by atoms with Crippen LogP contribution in [0.2, 0.25) is 0 Å². The van der Waals surface area contributed by atoms with Gasteiger partial charge >= 0.3 is 5.97 Å². The molecular formula is C16H17NO3S. The molecule has 0 unspecified atom stereocenters. The second kappa shape index (κ2) is 6.54. The lowest BCUT2D eigenvalue weighted by molar-refractivity contribution is -0.139. The van der Waals surface area contributed by atoms with Crippen LogP contribution in [0.15, 0.2) is 36.4 Å². The number of aliphatic carboxylic acids is 1. The molecule has 2 rings (SSSR count). The highest BCUT2D eigenvalue weighted by molar-refractivity contribution is 7.14. The van der Waals surface area contributed by atoms with E-state index in [0.29, 0.717) is 10.4 Å². The van der Waals surface area contributed by atoms with E-state index in [1.54, 1.807) is 30.3 Å². The Bertz CT molecular complexity index is 649. The van der Waals surface area contributed by atoms with Crippen molar-refractivity contribution in [1.29, 1.82) is 0 Å². The average Bonchev–Trinajstić information content (AvgIpc) is 2.86. The molecule has 0 saturated heterocycles. The van der Waals surface area contributed by atoms with E-state index < -0.39 is 12.0 Å². The minimum absolute atomic E-state index is 0.348. The van der Waals surface area contributed by atoms with Gasteiger partial charge in [-0.2, -0.15) is 0 Å². The Morgan fingerprint density at radius 2 is 1.95 bits per heavy atom. The number of hydrogen-bond donors (Lipinski definition) is 2. The number of carboxylic acid groups (broad SMARTS) is 1. The van der Waals surface area contributed by atoms with E-state index in [0.717, 1.165) is 16.9 Å². The van der Waals surface area contributed by atoms with Crippen LogP contribution in [0.5, 0.6) is 0 Å². The van der Waals surface area contributed by atoms with Crippen molar-refractivity contribution in [3.63, 3.8) is 0 Å². The van der Waals surface area contributed by atoms with Gasteiger partial charge in [-0.1, -0.05) is 37.3 Å². The Hall–Kier alpha value is -2.14. The third-order valence-electron chi connectivity index (χ3n) is 3.28. The molecule has 1 heterocycles. The third kappa shape index (κ3) is 3.49. The summed E-state index contributed by atoms with van der Waals surface area (Å²) in [6, 6.07) is 9.49. The van der Waals surface area contributed by atoms with Crippen LogP contribution < -0.4 is 5.32 Å². The van der Waals surface area contributed by atoms with Crippen molar-refractivity contribution in [3.8, 4) is 0 Å². The highest BCUT2D eigenvalue weighted by atomic mass is 32.1. The molecule has 2 N–H and O–H groups in total. The van der Waals surface area contributed by atoms with Crippen molar-refractivity contribution in [2.24, 2.45) is 0 Å². The largest absolute Gasteiger partial charge is 0.479 e. The van der Waals surface area contributed by atoms with Crippen molar-refractivity contribution >= 4 is 23.2 Å². The summed E-state index contributed by atoms with van der Waals surface area (Å²) in [5, 5.41) is 11.9. The van der Waals surface area contributed by atoms with Gasteiger partial charge in [0, 0.05) is 4.88 Å². The molecular weight excluding hydrogens is 286 g/mol. The number of rotatable bonds is 5. The van der Waals surface area contributed by atoms with Crippen molar-refractivity contribution in [2.45, 2.75) is 26.3 Å². The third-order valence-corrected chi connectivity index (χ3v) is 4.37. The minimum atomic E-state index is -1.07. The lowest BCUT2D eigenvalue weighted by Crippen LogP contribution is -2.33. The quantitative estimate of drug-likeness (QED) is 0.891. The highest BCUT2D eigenvalue weighted by Crippen LogP contribution is 2.23. The standard InChI is InChI=1S/C16H17NO3S/c1-3-11-9-13(21-10(11)2)15(18)17-14(16(19)20)12-7-5-4-6-8-12/h4-9,14H,3H2,1-2H3,(H,17,18)(H,19,20)/t14-/m1/s1. The molecule has 5 heteroatoms. The van der Waals surface area contributed by atoms with Crippen molar-refractivity contribution in [1.82, 2.24) is 5.32 Å². The van der Waals surface area contributed by atoms with Gasteiger partial charge in [0.05, 0.1) is 4.88 Å². The maximum atomic E-state index is 12.3. The Kier molecular flexibility index (Phi) is 4.75. The first-order chi connectivity index (χ1) is 10.0. The van der Waals surface area contributed by atoms with Crippen LogP contribution in [-0.4, -0.2) is 17.0 Å². The molecule has 110 valence electrons. The molecule has 1 aromatic carbocycles. The van der Waals surface area contributed by atoms with E-state index in [2.05, 4.69) is 5.32 Å². The van der Waals surface area contributed by atoms with Crippen molar-refractivity contribution < 1.29 is 14.7 Å². The first-order valence-corrected chi connectivity index (χ1v) is 7.52. The number of aryl methyl sites for hydroxylation is 2. The molecule has 0 aliphatic rings. The summed E-state index contributed by atoms with van der Waals surface area (Å²) in [6.45, 7) is 3.99. The lowest BCUT2D eigenvalue weighted by atomic mass is 10.1. The van der Waals surface area contributed by atoms with E-state index in [1.165, 1.54) is 11.3 Å². The molecule has 1 amide bonds. The minimum Gasteiger partial charge on any atom is -0.479 e. The molecule has 0 aliphatic heterocycles. The maximum absolute atomic E-state index is 12.3. The zero-order chi connectivity index (χ0) is 15.4. The number of benzene rings is 1. The number of nitrogens with one attached hydrogen (secondary N) is 1. The Balaban J connectivity index is 2.21. The Labute approximate surface area is 127 Å². The number of thiophene rings is 1. The van der Waals surface area contributed by atoms with E-state index in [9.17, 15) is 14.7 Å². The van der Waals surface area contributed by atoms with E-state index in [1.807, 2.05) is 19.9 Å². The van der Waals surface area contributed by atoms with E-state index in [-0.39, 0.29) is 5.91 Å². The van der Waals surface area contributed by atoms with Crippen LogP contribution in [0.4, 0.5) is 0 Å². The highest BCUT2D eigenvalue weighted by Gasteiger charge is 2.23. The van der Waals surface area contributed by atoms with Gasteiger partial charge in [-0.25, -0.2) is 4.79 Å². The van der Waals surface area contributed by atoms with Crippen LogP contribution in [-0.2, 0) is 11.2 Å². The van der Waals surface area contributed by atoms with Gasteiger partial charge in [-0.15, -0.1) is 11.3 Å². The second-order valence-electron chi connectivity index (χ2n) is 4.70. The van der Waals surface area contributed by atoms with Gasteiger partial charge in [0.25, 0.3) is 5.91 Å². The monoisotopic (exact) mass is 303 g/mol. The fourth-order valence-electron chi connectivity index (χ4n) is 2.12. The second-order valence-corrected chi connectivity index (χ2v) is 5.96. The number of hydrogen-bond acceptors (Lipinski definition) is 3. The predicted octanol–water partition coefficient (Wildman–Crippen LogP) is 3.17. The molecule has 1 atom stereocenters. The normalized spacial score (nSPS) is 11.9. The summed E-state index contributed by atoms with van der Waals surface area (Å²) >= 11 is 1.39. The zero-order valence-corrected chi connectivity index (χ0v) is 12.7. The molecule has 0 bridgehead atoms. The molecule has 0 fully saturated rings. The first kappa shape index (κ1) is 15.3. The van der Waals surface area contributed by atoms with Gasteiger partial charge in [0.2, 0.25) is 0 Å². The topological polar surface area (TPSA) is 66.4 Å². The van der Waals surface area contributed by atoms with Crippen LogP contribution in [0.1, 0.15) is 38.6 Å². The fraction of sp³-hybridized carbons (Fsp3) is 0.250. The molecule has 1 aromatic heterocycles. The Morgan fingerprint density at radius 1 is 1.29 bits per heavy atom. The summed E-state index contributed by atoms with van der Waals surface area (Å²) < 4.78 is 0. The van der Waals surface area contributed by atoms with Gasteiger partial charge in [-0.3, -0.25) is 4.79 Å². The van der Waals surface area contributed by atoms with Gasteiger partial charge in [0.1, 0.15) is 0 Å². The van der Waals surface area contributed by atoms with Crippen LogP contribution in [0, 0.1) is 6.92 Å². The zero-order valence-electron chi connectivity index (χ0n) is 11.9. The van der Waals surface area contributed by atoms with Gasteiger partial charge < -0.3 is 10.4 Å². The SMILES string of the molecule is CCc1cc(C(=O)N[C@@H](C(=O)O)c2ccccc2)sc1C. The van der Waals surface area contributed by atoms with Crippen LogP contribution >= 0.6 is 11.3 Å². The summed E-state index contributed by atoms with van der Waals surface area (Å²) in [7, 11) is 0. The summed E-state index contributed by atoms with van der Waals surface area (Å²) in [6.07, 6.45) is 0.858. The smallest absolute Gasteiger partial charge is 0.330 e. The van der Waals surface area contributed by atoms with Crippen LogP contribution in [0.3, 0.4) is 0 Å². The number of amides is 1. The van der Waals surface area contributed by atoms with Crippen molar-refractivity contribution in [3.05, 3.63) is 57.3 Å². The molecule has 21 heavy (non-hydrogen) atoms. The average molecular weight is 303 g/mol. The van der Waals surface area contributed by atoms with E-state index >= 15 is 0 Å². The van der Waals surface area contributed by atoms with Crippen molar-refractivity contribution in [2.75, 3.05) is 0 Å². The molecule has 2 aromatic rings. The number of carboxylic acids is 1. The predicted molar refractivity (Wildman–Crippen MR) is 82.7 cm³/mol. The molecule has 4 nitrogen and oxygen atoms in total.